The molecule has 0 unspecified atom stereocenters. The zero-order valence-electron chi connectivity index (χ0n) is 11.8. The van der Waals surface area contributed by atoms with Gasteiger partial charge in [-0.2, -0.15) is 0 Å². The summed E-state index contributed by atoms with van der Waals surface area (Å²) in [5.41, 5.74) is 3.49. The average Bonchev–Trinajstić information content (AvgIpc) is 2.88. The van der Waals surface area contributed by atoms with Crippen LogP contribution in [0, 0.1) is 13.8 Å². The van der Waals surface area contributed by atoms with Crippen LogP contribution < -0.4 is 4.90 Å². The monoisotopic (exact) mass is 284 g/mol. The van der Waals surface area contributed by atoms with Crippen molar-refractivity contribution in [2.45, 2.75) is 20.4 Å². The third-order valence-corrected chi connectivity index (χ3v) is 4.20. The molecule has 0 aliphatic rings. The molecule has 0 aliphatic heterocycles. The van der Waals surface area contributed by atoms with Gasteiger partial charge in [-0.3, -0.25) is 4.98 Å². The molecule has 0 amide bonds. The van der Waals surface area contributed by atoms with Crippen LogP contribution in [0.4, 0.5) is 5.82 Å². The third kappa shape index (κ3) is 2.36. The number of aryl methyl sites for hydroxylation is 2. The Labute approximate surface area is 122 Å². The lowest BCUT2D eigenvalue weighted by molar-refractivity contribution is 0.882. The highest BCUT2D eigenvalue weighted by molar-refractivity contribution is 7.17. The van der Waals surface area contributed by atoms with Crippen molar-refractivity contribution in [3.8, 4) is 0 Å². The van der Waals surface area contributed by atoms with E-state index in [2.05, 4.69) is 45.3 Å². The Bertz CT molecular complexity index is 750. The van der Waals surface area contributed by atoms with Gasteiger partial charge in [-0.05, 0) is 42.5 Å². The maximum Gasteiger partial charge on any atom is 0.150 e. The smallest absolute Gasteiger partial charge is 0.150 e. The summed E-state index contributed by atoms with van der Waals surface area (Å²) in [5.74, 6) is 1.81. The molecule has 4 nitrogen and oxygen atoms in total. The van der Waals surface area contributed by atoms with E-state index in [1.807, 2.05) is 25.4 Å². The molecule has 3 aromatic heterocycles. The normalized spacial score (nSPS) is 10.9. The van der Waals surface area contributed by atoms with Crippen LogP contribution in [0.25, 0.3) is 10.2 Å². The first-order valence-electron chi connectivity index (χ1n) is 6.47. The molecule has 0 saturated heterocycles. The van der Waals surface area contributed by atoms with E-state index in [0.717, 1.165) is 28.4 Å². The second-order valence-corrected chi connectivity index (χ2v) is 5.80. The second kappa shape index (κ2) is 5.17. The van der Waals surface area contributed by atoms with Crippen molar-refractivity contribution in [1.82, 2.24) is 15.0 Å². The van der Waals surface area contributed by atoms with Crippen LogP contribution in [0.3, 0.4) is 0 Å². The fourth-order valence-electron chi connectivity index (χ4n) is 2.23. The summed E-state index contributed by atoms with van der Waals surface area (Å²) in [4.78, 5) is 15.4. The van der Waals surface area contributed by atoms with E-state index in [1.54, 1.807) is 11.3 Å². The summed E-state index contributed by atoms with van der Waals surface area (Å²) in [6.45, 7) is 4.84. The maximum absolute atomic E-state index is 4.61. The molecule has 0 aromatic carbocycles. The molecule has 0 radical (unpaired) electrons. The lowest BCUT2D eigenvalue weighted by Gasteiger charge is -2.20. The molecule has 102 valence electrons. The lowest BCUT2D eigenvalue weighted by atomic mass is 10.1. The van der Waals surface area contributed by atoms with Crippen molar-refractivity contribution in [2.75, 3.05) is 11.9 Å². The van der Waals surface area contributed by atoms with Crippen LogP contribution in [-0.2, 0) is 6.54 Å². The Morgan fingerprint density at radius 2 is 2.05 bits per heavy atom. The van der Waals surface area contributed by atoms with Crippen molar-refractivity contribution in [3.63, 3.8) is 0 Å². The zero-order chi connectivity index (χ0) is 14.1. The Hall–Kier alpha value is -2.01. The summed E-state index contributed by atoms with van der Waals surface area (Å²) in [6, 6.07) is 4.11. The van der Waals surface area contributed by atoms with Crippen molar-refractivity contribution in [2.24, 2.45) is 0 Å². The summed E-state index contributed by atoms with van der Waals surface area (Å²) in [5, 5.41) is 2.06. The molecule has 3 rings (SSSR count). The Morgan fingerprint density at radius 3 is 2.85 bits per heavy atom. The quantitative estimate of drug-likeness (QED) is 0.739. The fourth-order valence-corrected chi connectivity index (χ4v) is 3.10. The number of aromatic nitrogens is 3. The first-order valence-corrected chi connectivity index (χ1v) is 7.35. The highest BCUT2D eigenvalue weighted by Crippen LogP contribution is 2.29. The molecule has 5 heteroatoms. The first kappa shape index (κ1) is 13.0. The van der Waals surface area contributed by atoms with Crippen molar-refractivity contribution >= 4 is 27.4 Å². The molecule has 0 spiro atoms. The van der Waals surface area contributed by atoms with Gasteiger partial charge in [0.2, 0.25) is 0 Å². The van der Waals surface area contributed by atoms with Gasteiger partial charge in [-0.1, -0.05) is 0 Å². The summed E-state index contributed by atoms with van der Waals surface area (Å²) < 4.78 is 1.14. The average molecular weight is 284 g/mol. The second-order valence-electron chi connectivity index (χ2n) is 4.89. The van der Waals surface area contributed by atoms with Gasteiger partial charge < -0.3 is 4.90 Å². The van der Waals surface area contributed by atoms with Crippen LogP contribution >= 0.6 is 11.3 Å². The fraction of sp³-hybridized carbons (Fsp3) is 0.267. The van der Waals surface area contributed by atoms with Crippen LogP contribution in [-0.4, -0.2) is 22.0 Å². The van der Waals surface area contributed by atoms with Gasteiger partial charge >= 0.3 is 0 Å². The van der Waals surface area contributed by atoms with E-state index in [0.29, 0.717) is 0 Å². The minimum Gasteiger partial charge on any atom is -0.354 e. The van der Waals surface area contributed by atoms with Crippen LogP contribution in [0.1, 0.15) is 17.0 Å². The van der Waals surface area contributed by atoms with Crippen LogP contribution in [0.2, 0.25) is 0 Å². The Kier molecular flexibility index (Phi) is 3.36. The molecule has 0 bridgehead atoms. The highest BCUT2D eigenvalue weighted by Gasteiger charge is 2.12. The van der Waals surface area contributed by atoms with E-state index in [4.69, 9.17) is 0 Å². The number of hydrogen-bond donors (Lipinski definition) is 0. The van der Waals surface area contributed by atoms with Gasteiger partial charge in [0.25, 0.3) is 0 Å². The zero-order valence-corrected chi connectivity index (χ0v) is 12.6. The summed E-state index contributed by atoms with van der Waals surface area (Å²) in [7, 11) is 2.07. The number of fused-ring (bicyclic) bond motifs is 1. The molecule has 0 atom stereocenters. The van der Waals surface area contributed by atoms with Gasteiger partial charge in [0.15, 0.2) is 0 Å². The van der Waals surface area contributed by atoms with Crippen molar-refractivity contribution in [3.05, 3.63) is 46.9 Å². The van der Waals surface area contributed by atoms with Crippen LogP contribution in [0.5, 0.6) is 0 Å². The predicted octanol–water partition coefficient (Wildman–Crippen LogP) is 3.34. The first-order chi connectivity index (χ1) is 9.65. The van der Waals surface area contributed by atoms with Crippen molar-refractivity contribution in [1.29, 1.82) is 0 Å². The van der Waals surface area contributed by atoms with Gasteiger partial charge in [0.05, 0.1) is 10.2 Å². The van der Waals surface area contributed by atoms with Gasteiger partial charge in [-0.15, -0.1) is 11.3 Å². The number of rotatable bonds is 3. The molecule has 20 heavy (non-hydrogen) atoms. The minimum atomic E-state index is 0.809. The highest BCUT2D eigenvalue weighted by atomic mass is 32.1. The molecule has 0 aliphatic carbocycles. The van der Waals surface area contributed by atoms with E-state index in [1.165, 1.54) is 11.1 Å². The number of thiophene rings is 1. The van der Waals surface area contributed by atoms with Gasteiger partial charge in [0.1, 0.15) is 11.6 Å². The number of anilines is 1. The predicted molar refractivity (Wildman–Crippen MR) is 83.2 cm³/mol. The minimum absolute atomic E-state index is 0.809. The van der Waals surface area contributed by atoms with Gasteiger partial charge in [-0.25, -0.2) is 9.97 Å². The Morgan fingerprint density at radius 1 is 1.20 bits per heavy atom. The van der Waals surface area contributed by atoms with Crippen molar-refractivity contribution < 1.29 is 0 Å². The molecule has 3 aromatic rings. The van der Waals surface area contributed by atoms with Crippen LogP contribution in [0.15, 0.2) is 29.9 Å². The number of pyridine rings is 1. The van der Waals surface area contributed by atoms with Gasteiger partial charge in [0, 0.05) is 26.0 Å². The van der Waals surface area contributed by atoms with E-state index >= 15 is 0 Å². The summed E-state index contributed by atoms with van der Waals surface area (Å²) >= 11 is 1.69. The summed E-state index contributed by atoms with van der Waals surface area (Å²) in [6.07, 6.45) is 3.73. The molecular formula is C15H16N4S. The molecule has 0 N–H and O–H groups in total. The molecular weight excluding hydrogens is 268 g/mol. The van der Waals surface area contributed by atoms with E-state index in [-0.39, 0.29) is 0 Å². The topological polar surface area (TPSA) is 41.9 Å². The SMILES string of the molecule is Cc1nc(N(C)Cc2ccncc2C)c2sccc2n1. The maximum atomic E-state index is 4.61. The largest absolute Gasteiger partial charge is 0.354 e. The van der Waals surface area contributed by atoms with E-state index in [9.17, 15) is 0 Å². The standard InChI is InChI=1S/C15H16N4S/c1-10-8-16-6-4-12(10)9-19(3)15-14-13(5-7-20-14)17-11(2)18-15/h4-8H,9H2,1-3H3. The number of hydrogen-bond acceptors (Lipinski definition) is 5. The van der Waals surface area contributed by atoms with E-state index < -0.39 is 0 Å². The molecule has 0 saturated carbocycles. The lowest BCUT2D eigenvalue weighted by Crippen LogP contribution is -2.19. The Balaban J connectivity index is 1.98. The number of nitrogens with zero attached hydrogens (tertiary/aromatic N) is 4. The third-order valence-electron chi connectivity index (χ3n) is 3.30. The molecule has 0 fully saturated rings. The molecule has 3 heterocycles.